The Bertz CT molecular complexity index is 692. The summed E-state index contributed by atoms with van der Waals surface area (Å²) in [6.45, 7) is 0. The van der Waals surface area contributed by atoms with Crippen molar-refractivity contribution in [1.29, 1.82) is 0 Å². The van der Waals surface area contributed by atoms with Crippen LogP contribution in [0.3, 0.4) is 0 Å². The van der Waals surface area contributed by atoms with Crippen molar-refractivity contribution in [3.8, 4) is 0 Å². The van der Waals surface area contributed by atoms with Crippen molar-refractivity contribution in [2.45, 2.75) is 23.9 Å². The second-order valence-electron chi connectivity index (χ2n) is 5.25. The van der Waals surface area contributed by atoms with Crippen molar-refractivity contribution in [1.82, 2.24) is 0 Å². The van der Waals surface area contributed by atoms with Gasteiger partial charge in [0.25, 0.3) is 0 Å². The van der Waals surface area contributed by atoms with Gasteiger partial charge in [-0.25, -0.2) is 0 Å². The number of benzene rings is 2. The Morgan fingerprint density at radius 1 is 0.680 bits per heavy atom. The topological polar surface area (TPSA) is 52.0 Å². The summed E-state index contributed by atoms with van der Waals surface area (Å²) in [5, 5.41) is 0. The summed E-state index contributed by atoms with van der Waals surface area (Å²) in [6.07, 6.45) is -9.12. The van der Waals surface area contributed by atoms with Crippen molar-refractivity contribution in [3.05, 3.63) is 58.7 Å². The number of hydrogen-bond donors (Lipinski definition) is 2. The van der Waals surface area contributed by atoms with Gasteiger partial charge in [0, 0.05) is 22.9 Å². The maximum Gasteiger partial charge on any atom is 0.418 e. The Hall–Kier alpha value is -2.03. The fourth-order valence-corrected chi connectivity index (χ4v) is 3.29. The van der Waals surface area contributed by atoms with E-state index in [1.165, 1.54) is 24.3 Å². The fourth-order valence-electron chi connectivity index (χ4n) is 2.24. The Kier molecular flexibility index (Phi) is 5.46. The van der Waals surface area contributed by atoms with Crippen molar-refractivity contribution < 1.29 is 26.3 Å². The van der Waals surface area contributed by atoms with E-state index in [1.54, 1.807) is 0 Å². The molecule has 0 fully saturated rings. The average molecular weight is 380 g/mol. The van der Waals surface area contributed by atoms with Crippen LogP contribution in [-0.2, 0) is 23.9 Å². The molecule has 0 atom stereocenters. The van der Waals surface area contributed by atoms with E-state index in [0.29, 0.717) is 0 Å². The molecule has 2 aromatic rings. The molecule has 136 valence electrons. The highest BCUT2D eigenvalue weighted by Gasteiger charge is 2.34. The number of nitrogen functional groups attached to an aromatic ring is 2. The fraction of sp³-hybridized carbons (Fsp3) is 0.250. The number of rotatable bonds is 4. The lowest BCUT2D eigenvalue weighted by Gasteiger charge is -2.15. The highest BCUT2D eigenvalue weighted by molar-refractivity contribution is 7.97. The number of halogens is 6. The lowest BCUT2D eigenvalue weighted by Crippen LogP contribution is -2.11. The number of alkyl halides is 6. The minimum Gasteiger partial charge on any atom is -0.398 e. The van der Waals surface area contributed by atoms with Crippen molar-refractivity contribution in [2.75, 3.05) is 11.5 Å². The van der Waals surface area contributed by atoms with Gasteiger partial charge in [-0.05, 0) is 23.3 Å². The van der Waals surface area contributed by atoms with Gasteiger partial charge in [-0.2, -0.15) is 38.1 Å². The molecule has 2 rings (SSSR count). The van der Waals surface area contributed by atoms with Gasteiger partial charge in [-0.1, -0.05) is 24.3 Å². The third kappa shape index (κ3) is 4.53. The molecule has 9 heteroatoms. The molecule has 0 heterocycles. The molecule has 0 aliphatic carbocycles. The first-order valence-corrected chi connectivity index (χ1v) is 8.14. The first kappa shape index (κ1) is 19.3. The normalized spacial score (nSPS) is 12.4. The molecule has 0 aliphatic heterocycles. The zero-order valence-electron chi connectivity index (χ0n) is 12.7. The Morgan fingerprint density at radius 2 is 1.04 bits per heavy atom. The lowest BCUT2D eigenvalue weighted by molar-refractivity contribution is -0.137. The molecule has 0 saturated carbocycles. The number of thioether (sulfide) groups is 1. The van der Waals surface area contributed by atoms with Gasteiger partial charge in [0.05, 0.1) is 11.1 Å². The largest absolute Gasteiger partial charge is 0.418 e. The molecule has 0 aliphatic rings. The highest BCUT2D eigenvalue weighted by Crippen LogP contribution is 2.38. The summed E-state index contributed by atoms with van der Waals surface area (Å²) < 4.78 is 76.9. The van der Waals surface area contributed by atoms with E-state index in [-0.39, 0.29) is 34.0 Å². The zero-order valence-corrected chi connectivity index (χ0v) is 13.5. The number of anilines is 2. The smallest absolute Gasteiger partial charge is 0.398 e. The maximum atomic E-state index is 12.8. The van der Waals surface area contributed by atoms with Crippen LogP contribution in [0.1, 0.15) is 22.3 Å². The van der Waals surface area contributed by atoms with Crippen LogP contribution in [0.25, 0.3) is 0 Å². The molecule has 2 nitrogen and oxygen atoms in total. The van der Waals surface area contributed by atoms with E-state index in [1.807, 2.05) is 0 Å². The van der Waals surface area contributed by atoms with Crippen molar-refractivity contribution in [3.63, 3.8) is 0 Å². The maximum absolute atomic E-state index is 12.8. The summed E-state index contributed by atoms with van der Waals surface area (Å²) in [5.41, 5.74) is 9.04. The predicted octanol–water partition coefficient (Wildman–Crippen LogP) is 5.32. The molecule has 0 saturated heterocycles. The van der Waals surface area contributed by atoms with E-state index in [9.17, 15) is 26.3 Å². The van der Waals surface area contributed by atoms with Crippen LogP contribution in [0.2, 0.25) is 0 Å². The third-order valence-corrected chi connectivity index (χ3v) is 4.55. The molecule has 4 N–H and O–H groups in total. The minimum atomic E-state index is -4.56. The Labute approximate surface area is 144 Å². The number of hydrogen-bond acceptors (Lipinski definition) is 3. The second-order valence-corrected chi connectivity index (χ2v) is 6.23. The summed E-state index contributed by atoms with van der Waals surface area (Å²) in [6, 6.07) is 7.16. The molecule has 0 aromatic heterocycles. The number of nitrogens with two attached hydrogens (primary N) is 2. The standard InChI is InChI=1S/C16H14F6N2S/c17-15(18,19)11-5-1-3-9(13(11)23)7-25-8-10-4-2-6-12(14(10)24)16(20,21)22/h1-6H,7-8,23-24H2. The van der Waals surface area contributed by atoms with Gasteiger partial charge in [0.2, 0.25) is 0 Å². The van der Waals surface area contributed by atoms with Crippen molar-refractivity contribution in [2.24, 2.45) is 0 Å². The predicted molar refractivity (Wildman–Crippen MR) is 86.7 cm³/mol. The van der Waals surface area contributed by atoms with E-state index in [4.69, 9.17) is 11.5 Å². The van der Waals surface area contributed by atoms with Gasteiger partial charge in [-0.15, -0.1) is 0 Å². The van der Waals surface area contributed by atoms with Crippen LogP contribution >= 0.6 is 11.8 Å². The monoisotopic (exact) mass is 380 g/mol. The average Bonchev–Trinajstić information content (AvgIpc) is 2.48. The van der Waals surface area contributed by atoms with Crippen LogP contribution < -0.4 is 11.5 Å². The third-order valence-electron chi connectivity index (χ3n) is 3.52. The van der Waals surface area contributed by atoms with Gasteiger partial charge in [0.15, 0.2) is 0 Å². The van der Waals surface area contributed by atoms with E-state index >= 15 is 0 Å². The van der Waals surface area contributed by atoms with Crippen LogP contribution in [0.5, 0.6) is 0 Å². The zero-order chi connectivity index (χ0) is 18.8. The first-order valence-electron chi connectivity index (χ1n) is 6.98. The van der Waals surface area contributed by atoms with Crippen LogP contribution in [-0.4, -0.2) is 0 Å². The quantitative estimate of drug-likeness (QED) is 0.557. The van der Waals surface area contributed by atoms with Gasteiger partial charge in [0.1, 0.15) is 0 Å². The Balaban J connectivity index is 2.13. The second kappa shape index (κ2) is 7.07. The lowest BCUT2D eigenvalue weighted by atomic mass is 10.1. The molecule has 0 unspecified atom stereocenters. The van der Waals surface area contributed by atoms with Gasteiger partial charge >= 0.3 is 12.4 Å². The van der Waals surface area contributed by atoms with Gasteiger partial charge in [-0.3, -0.25) is 0 Å². The molecule has 0 amide bonds. The van der Waals surface area contributed by atoms with Crippen LogP contribution in [0.4, 0.5) is 37.7 Å². The molecular weight excluding hydrogens is 366 g/mol. The molecule has 0 radical (unpaired) electrons. The summed E-state index contributed by atoms with van der Waals surface area (Å²) in [7, 11) is 0. The first-order chi connectivity index (χ1) is 11.5. The van der Waals surface area contributed by atoms with Gasteiger partial charge < -0.3 is 11.5 Å². The van der Waals surface area contributed by atoms with E-state index in [2.05, 4.69) is 0 Å². The van der Waals surface area contributed by atoms with Crippen LogP contribution in [0.15, 0.2) is 36.4 Å². The van der Waals surface area contributed by atoms with E-state index in [0.717, 1.165) is 23.9 Å². The molecule has 2 aromatic carbocycles. The summed E-state index contributed by atoms with van der Waals surface area (Å²) in [5.74, 6) is 0.233. The minimum absolute atomic E-state index is 0.117. The van der Waals surface area contributed by atoms with E-state index < -0.39 is 23.5 Å². The van der Waals surface area contributed by atoms with Crippen LogP contribution in [0, 0.1) is 0 Å². The molecule has 0 spiro atoms. The Morgan fingerprint density at radius 3 is 1.36 bits per heavy atom. The highest BCUT2D eigenvalue weighted by atomic mass is 32.2. The summed E-state index contributed by atoms with van der Waals surface area (Å²) >= 11 is 1.13. The SMILES string of the molecule is Nc1c(CSCc2cccc(C(F)(F)F)c2N)cccc1C(F)(F)F. The number of para-hydroxylation sites is 2. The van der Waals surface area contributed by atoms with Crippen molar-refractivity contribution >= 4 is 23.1 Å². The molecule has 0 bridgehead atoms. The summed E-state index contributed by atoms with van der Waals surface area (Å²) in [4.78, 5) is 0. The molecular formula is C16H14F6N2S. The molecule has 25 heavy (non-hydrogen) atoms.